The molecule has 26 heavy (non-hydrogen) atoms. The monoisotopic (exact) mass is 388 g/mol. The van der Waals surface area contributed by atoms with Gasteiger partial charge in [0.15, 0.2) is 0 Å². The summed E-state index contributed by atoms with van der Waals surface area (Å²) in [5.41, 5.74) is 10.3. The second-order valence-electron chi connectivity index (χ2n) is 7.34. The first kappa shape index (κ1) is 20.2. The Hall–Kier alpha value is -2.12. The zero-order chi connectivity index (χ0) is 19.4. The average molecular weight is 389 g/mol. The molecule has 0 heterocycles. The van der Waals surface area contributed by atoms with Gasteiger partial charge in [0.1, 0.15) is 0 Å². The molecule has 6 nitrogen and oxygen atoms in total. The SMILES string of the molecule is Cc1ccc(S(=O)(=O)N[C@H](c2ccccc2)[C@H](N=[N+]=[N-])[Si](C)(C)C)cc1. The Kier molecular flexibility index (Phi) is 6.25. The molecule has 2 aromatic carbocycles. The maximum absolute atomic E-state index is 12.9. The van der Waals surface area contributed by atoms with Gasteiger partial charge in [-0.15, -0.1) is 0 Å². The summed E-state index contributed by atoms with van der Waals surface area (Å²) in [6, 6.07) is 15.3. The van der Waals surface area contributed by atoms with Crippen molar-refractivity contribution < 1.29 is 8.42 Å². The number of benzene rings is 2. The molecule has 0 spiro atoms. The van der Waals surface area contributed by atoms with Crippen LogP contribution in [-0.2, 0) is 10.0 Å². The van der Waals surface area contributed by atoms with Gasteiger partial charge in [-0.05, 0) is 30.2 Å². The minimum atomic E-state index is -3.76. The van der Waals surface area contributed by atoms with E-state index in [1.54, 1.807) is 24.3 Å². The molecule has 8 heteroatoms. The molecule has 138 valence electrons. The van der Waals surface area contributed by atoms with E-state index in [-0.39, 0.29) is 4.90 Å². The predicted octanol–water partition coefficient (Wildman–Crippen LogP) is 4.57. The second-order valence-corrected chi connectivity index (χ2v) is 14.4. The molecule has 0 aliphatic heterocycles. The molecule has 0 saturated heterocycles. The highest BCUT2D eigenvalue weighted by Gasteiger charge is 2.36. The van der Waals surface area contributed by atoms with Crippen LogP contribution in [0.15, 0.2) is 64.6 Å². The van der Waals surface area contributed by atoms with Crippen LogP contribution in [0.3, 0.4) is 0 Å². The van der Waals surface area contributed by atoms with Crippen LogP contribution in [-0.4, -0.2) is 22.2 Å². The van der Waals surface area contributed by atoms with Crippen LogP contribution < -0.4 is 4.72 Å². The molecule has 0 aliphatic carbocycles. The summed E-state index contributed by atoms with van der Waals surface area (Å²) < 4.78 is 28.6. The number of hydrogen-bond donors (Lipinski definition) is 1. The van der Waals surface area contributed by atoms with Crippen LogP contribution in [0.5, 0.6) is 0 Å². The first-order valence-electron chi connectivity index (χ1n) is 8.33. The lowest BCUT2D eigenvalue weighted by Crippen LogP contribution is -2.47. The number of nitrogens with one attached hydrogen (secondary N) is 1. The summed E-state index contributed by atoms with van der Waals surface area (Å²) >= 11 is 0. The van der Waals surface area contributed by atoms with Crippen molar-refractivity contribution in [3.05, 3.63) is 76.2 Å². The molecule has 0 bridgehead atoms. The smallest absolute Gasteiger partial charge is 0.207 e. The first-order valence-corrected chi connectivity index (χ1v) is 13.4. The maximum atomic E-state index is 12.9. The van der Waals surface area contributed by atoms with Crippen LogP contribution in [0.2, 0.25) is 19.6 Å². The van der Waals surface area contributed by atoms with Gasteiger partial charge < -0.3 is 0 Å². The Bertz CT molecular complexity index is 887. The molecular weight excluding hydrogens is 364 g/mol. The van der Waals surface area contributed by atoms with Gasteiger partial charge in [-0.1, -0.05) is 72.8 Å². The summed E-state index contributed by atoms with van der Waals surface area (Å²) in [5, 5.41) is 3.98. The first-order chi connectivity index (χ1) is 12.1. The topological polar surface area (TPSA) is 94.9 Å². The summed E-state index contributed by atoms with van der Waals surface area (Å²) in [7, 11) is -5.77. The zero-order valence-corrected chi connectivity index (χ0v) is 17.2. The summed E-state index contributed by atoms with van der Waals surface area (Å²) in [6.07, 6.45) is 0. The maximum Gasteiger partial charge on any atom is 0.241 e. The van der Waals surface area contributed by atoms with Gasteiger partial charge in [0.25, 0.3) is 0 Å². The zero-order valence-electron chi connectivity index (χ0n) is 15.4. The Morgan fingerprint density at radius 2 is 1.62 bits per heavy atom. The van der Waals surface area contributed by atoms with Crippen LogP contribution in [0.4, 0.5) is 0 Å². The van der Waals surface area contributed by atoms with E-state index >= 15 is 0 Å². The number of rotatable bonds is 7. The van der Waals surface area contributed by atoms with Crippen molar-refractivity contribution in [2.45, 2.75) is 43.2 Å². The van der Waals surface area contributed by atoms with Crippen molar-refractivity contribution in [2.75, 3.05) is 0 Å². The molecule has 1 N–H and O–H groups in total. The molecule has 0 radical (unpaired) electrons. The fourth-order valence-electron chi connectivity index (χ4n) is 2.72. The van der Waals surface area contributed by atoms with Gasteiger partial charge in [0, 0.05) is 4.91 Å². The highest BCUT2D eigenvalue weighted by atomic mass is 32.2. The van der Waals surface area contributed by atoms with Gasteiger partial charge in [-0.3, -0.25) is 0 Å². The minimum absolute atomic E-state index is 0.194. The van der Waals surface area contributed by atoms with Crippen molar-refractivity contribution in [3.63, 3.8) is 0 Å². The van der Waals surface area contributed by atoms with Crippen molar-refractivity contribution in [2.24, 2.45) is 5.11 Å². The molecule has 2 atom stereocenters. The van der Waals surface area contributed by atoms with E-state index in [1.165, 1.54) is 0 Å². The summed E-state index contributed by atoms with van der Waals surface area (Å²) in [6.45, 7) is 8.08. The quantitative estimate of drug-likeness (QED) is 0.325. The Morgan fingerprint density at radius 3 is 2.12 bits per heavy atom. The Balaban J connectivity index is 2.51. The number of azide groups is 1. The van der Waals surface area contributed by atoms with E-state index < -0.39 is 29.8 Å². The molecule has 0 saturated carbocycles. The number of aryl methyl sites for hydroxylation is 1. The fraction of sp³-hybridized carbons (Fsp3) is 0.333. The van der Waals surface area contributed by atoms with E-state index in [2.05, 4.69) is 34.4 Å². The van der Waals surface area contributed by atoms with Crippen molar-refractivity contribution >= 4 is 18.1 Å². The lowest BCUT2D eigenvalue weighted by molar-refractivity contribution is 0.542. The highest BCUT2D eigenvalue weighted by Crippen LogP contribution is 2.29. The molecule has 0 aromatic heterocycles. The summed E-state index contributed by atoms with van der Waals surface area (Å²) in [4.78, 5) is 3.18. The van der Waals surface area contributed by atoms with Gasteiger partial charge in [0.05, 0.1) is 24.7 Å². The molecule has 0 amide bonds. The normalized spacial score (nSPS) is 14.3. The average Bonchev–Trinajstić information content (AvgIpc) is 2.58. The Morgan fingerprint density at radius 1 is 1.04 bits per heavy atom. The third kappa shape index (κ3) is 4.95. The molecule has 0 fully saturated rings. The fourth-order valence-corrected chi connectivity index (χ4v) is 5.75. The lowest BCUT2D eigenvalue weighted by atomic mass is 10.1. The van der Waals surface area contributed by atoms with E-state index in [0.29, 0.717) is 0 Å². The van der Waals surface area contributed by atoms with E-state index in [0.717, 1.165) is 11.1 Å². The van der Waals surface area contributed by atoms with Crippen LogP contribution in [0.25, 0.3) is 10.4 Å². The largest absolute Gasteiger partial charge is 0.241 e. The Labute approximate surface area is 156 Å². The number of hydrogen-bond acceptors (Lipinski definition) is 3. The molecular formula is C18H24N4O2SSi. The minimum Gasteiger partial charge on any atom is -0.207 e. The van der Waals surface area contributed by atoms with Gasteiger partial charge in [0.2, 0.25) is 10.0 Å². The molecule has 0 unspecified atom stereocenters. The highest BCUT2D eigenvalue weighted by molar-refractivity contribution is 7.89. The third-order valence-corrected chi connectivity index (χ3v) is 7.83. The van der Waals surface area contributed by atoms with Gasteiger partial charge in [-0.25, -0.2) is 13.1 Å². The van der Waals surface area contributed by atoms with Gasteiger partial charge in [-0.2, -0.15) is 0 Å². The lowest BCUT2D eigenvalue weighted by Gasteiger charge is -2.33. The molecule has 0 aliphatic rings. The second kappa shape index (κ2) is 8.05. The van der Waals surface area contributed by atoms with Crippen LogP contribution >= 0.6 is 0 Å². The molecule has 2 aromatic rings. The van der Waals surface area contributed by atoms with Gasteiger partial charge >= 0.3 is 0 Å². The van der Waals surface area contributed by atoms with E-state index in [9.17, 15) is 8.42 Å². The van der Waals surface area contributed by atoms with E-state index in [1.807, 2.05) is 37.3 Å². The third-order valence-electron chi connectivity index (χ3n) is 4.15. The summed E-state index contributed by atoms with van der Waals surface area (Å²) in [5.74, 6) is 0. The van der Waals surface area contributed by atoms with Crippen molar-refractivity contribution in [1.29, 1.82) is 0 Å². The number of sulfonamides is 1. The standard InChI is InChI=1S/C18H24N4O2SSi/c1-14-10-12-16(13-11-14)25(23,24)21-17(15-8-6-5-7-9-15)18(20-22-19)26(2,3)4/h5-13,17-18,21H,1-4H3/t17-,18-/m1/s1. The van der Waals surface area contributed by atoms with Crippen LogP contribution in [0.1, 0.15) is 17.2 Å². The number of nitrogens with zero attached hydrogens (tertiary/aromatic N) is 3. The predicted molar refractivity (Wildman–Crippen MR) is 107 cm³/mol. The van der Waals surface area contributed by atoms with E-state index in [4.69, 9.17) is 5.53 Å². The van der Waals surface area contributed by atoms with Crippen molar-refractivity contribution in [3.8, 4) is 0 Å². The van der Waals surface area contributed by atoms with Crippen LogP contribution in [0, 0.1) is 6.92 Å². The van der Waals surface area contributed by atoms with Crippen molar-refractivity contribution in [1.82, 2.24) is 4.72 Å². The molecule has 2 rings (SSSR count).